The molecule has 2 rings (SSSR count). The van der Waals surface area contributed by atoms with Gasteiger partial charge in [0.2, 0.25) is 0 Å². The number of nitrogens with zero attached hydrogens (tertiary/aromatic N) is 2. The zero-order valence-corrected chi connectivity index (χ0v) is 14.8. The molecule has 1 aromatic heterocycles. The molecule has 0 aliphatic carbocycles. The fraction of sp³-hybridized carbons (Fsp3) is 0.500. The van der Waals surface area contributed by atoms with E-state index in [1.807, 2.05) is 24.3 Å². The van der Waals surface area contributed by atoms with E-state index in [0.717, 1.165) is 22.6 Å². The Labute approximate surface area is 148 Å². The molecule has 138 valence electrons. The predicted octanol–water partition coefficient (Wildman–Crippen LogP) is 0.608. The molecule has 0 amide bonds. The number of ether oxygens (including phenoxy) is 3. The van der Waals surface area contributed by atoms with Crippen LogP contribution in [0.15, 0.2) is 30.9 Å². The summed E-state index contributed by atoms with van der Waals surface area (Å²) in [4.78, 5) is 0. The average Bonchev–Trinajstić information content (AvgIpc) is 2.93. The van der Waals surface area contributed by atoms with E-state index >= 15 is 0 Å². The number of rotatable bonds is 12. The number of nitrogens with two attached hydrogens (primary N) is 1. The number of aromatic nitrogens is 2. The third kappa shape index (κ3) is 4.79. The Morgan fingerprint density at radius 1 is 1.24 bits per heavy atom. The van der Waals surface area contributed by atoms with E-state index in [0.29, 0.717) is 46.1 Å². The van der Waals surface area contributed by atoms with E-state index in [1.165, 1.54) is 0 Å². The normalized spacial score (nSPS) is 11.2. The minimum absolute atomic E-state index is 0.0297. The monoisotopic (exact) mass is 350 g/mol. The number of methoxy groups -OCH3 is 1. The second-order valence-electron chi connectivity index (χ2n) is 5.47. The lowest BCUT2D eigenvalue weighted by atomic mass is 10.3. The van der Waals surface area contributed by atoms with Crippen molar-refractivity contribution in [1.29, 1.82) is 0 Å². The molecule has 7 nitrogen and oxygen atoms in total. The van der Waals surface area contributed by atoms with Crippen LogP contribution in [0.3, 0.4) is 0 Å². The topological polar surface area (TPSA) is 82.8 Å². The highest BCUT2D eigenvalue weighted by Crippen LogP contribution is 2.21. The van der Waals surface area contributed by atoms with Gasteiger partial charge in [-0.05, 0) is 12.1 Å². The summed E-state index contributed by atoms with van der Waals surface area (Å²) in [7, 11) is 1.66. The van der Waals surface area contributed by atoms with Gasteiger partial charge in [0.1, 0.15) is 18.8 Å². The Hall–Kier alpha value is -1.93. The van der Waals surface area contributed by atoms with Gasteiger partial charge in [-0.2, -0.15) is 0 Å². The van der Waals surface area contributed by atoms with Gasteiger partial charge in [0.15, 0.2) is 11.0 Å². The number of benzene rings is 1. The van der Waals surface area contributed by atoms with Crippen molar-refractivity contribution in [3.05, 3.63) is 36.7 Å². The highest BCUT2D eigenvalue weighted by Gasteiger charge is 2.23. The highest BCUT2D eigenvalue weighted by atomic mass is 16.5. The molecule has 0 saturated heterocycles. The average molecular weight is 350 g/mol. The van der Waals surface area contributed by atoms with Gasteiger partial charge in [-0.15, -0.1) is 0 Å². The molecule has 0 aliphatic rings. The van der Waals surface area contributed by atoms with Gasteiger partial charge >= 0.3 is 0 Å². The number of hydrogen-bond acceptors (Lipinski definition) is 5. The number of aliphatic hydroxyl groups excluding tert-OH is 1. The molecule has 0 radical (unpaired) electrons. The van der Waals surface area contributed by atoms with E-state index in [1.54, 1.807) is 7.11 Å². The zero-order chi connectivity index (χ0) is 18.1. The first-order valence-corrected chi connectivity index (χ1v) is 8.43. The van der Waals surface area contributed by atoms with Crippen molar-refractivity contribution >= 4 is 11.0 Å². The summed E-state index contributed by atoms with van der Waals surface area (Å²) in [6, 6.07) is 6.00. The summed E-state index contributed by atoms with van der Waals surface area (Å²) in [6.45, 7) is 7.54. The van der Waals surface area contributed by atoms with Gasteiger partial charge in [0, 0.05) is 6.07 Å². The summed E-state index contributed by atoms with van der Waals surface area (Å²) in [5.41, 5.74) is 8.16. The van der Waals surface area contributed by atoms with E-state index in [-0.39, 0.29) is 6.61 Å². The van der Waals surface area contributed by atoms with E-state index in [2.05, 4.69) is 15.7 Å². The maximum atomic E-state index is 8.66. The fourth-order valence-corrected chi connectivity index (χ4v) is 2.84. The molecule has 0 aliphatic heterocycles. The summed E-state index contributed by atoms with van der Waals surface area (Å²) in [6.07, 6.45) is 1.86. The zero-order valence-electron chi connectivity index (χ0n) is 14.8. The third-order valence-electron chi connectivity index (χ3n) is 3.95. The molecule has 1 aromatic carbocycles. The number of hydrogen-bond donors (Lipinski definition) is 2. The van der Waals surface area contributed by atoms with Gasteiger partial charge in [0.25, 0.3) is 5.82 Å². The molecular formula is C18H28N3O4+. The molecule has 0 bridgehead atoms. The lowest BCUT2D eigenvalue weighted by molar-refractivity contribution is -0.681. The van der Waals surface area contributed by atoms with Gasteiger partial charge in [0.05, 0.1) is 46.7 Å². The highest BCUT2D eigenvalue weighted by molar-refractivity contribution is 5.74. The number of aliphatic hydroxyl groups is 1. The second kappa shape index (κ2) is 10.1. The van der Waals surface area contributed by atoms with Crippen LogP contribution in [-0.2, 0) is 29.1 Å². The lowest BCUT2D eigenvalue weighted by Crippen LogP contribution is -2.41. The first-order valence-electron chi connectivity index (χ1n) is 8.43. The van der Waals surface area contributed by atoms with Crippen LogP contribution in [0.5, 0.6) is 5.75 Å². The van der Waals surface area contributed by atoms with E-state index in [9.17, 15) is 0 Å². The minimum atomic E-state index is 0.0297. The third-order valence-corrected chi connectivity index (χ3v) is 3.95. The summed E-state index contributed by atoms with van der Waals surface area (Å²) in [5, 5.41) is 8.66. The Kier molecular flexibility index (Phi) is 7.87. The molecule has 0 unspecified atom stereocenters. The van der Waals surface area contributed by atoms with Crippen LogP contribution in [0.2, 0.25) is 0 Å². The molecule has 0 atom stereocenters. The van der Waals surface area contributed by atoms with Crippen molar-refractivity contribution in [2.24, 2.45) is 5.73 Å². The molecule has 2 aromatic rings. The Morgan fingerprint density at radius 3 is 2.64 bits per heavy atom. The summed E-state index contributed by atoms with van der Waals surface area (Å²) >= 11 is 0. The molecule has 3 N–H and O–H groups in total. The van der Waals surface area contributed by atoms with Crippen LogP contribution in [0.1, 0.15) is 5.82 Å². The van der Waals surface area contributed by atoms with Crippen LogP contribution >= 0.6 is 0 Å². The standard InChI is InChI=1S/C18H28N3O4/c1-3-6-20-17-13-15(23-2)4-5-16(17)21(18(20)14-19)7-9-24-11-12-25-10-8-22/h3-5,13,22H,1,6-12,14,19H2,2H3/q+1. The van der Waals surface area contributed by atoms with Crippen LogP contribution in [0.4, 0.5) is 0 Å². The van der Waals surface area contributed by atoms with E-state index < -0.39 is 0 Å². The van der Waals surface area contributed by atoms with Crippen molar-refractivity contribution in [3.8, 4) is 5.75 Å². The molecule has 0 spiro atoms. The maximum absolute atomic E-state index is 8.66. The van der Waals surface area contributed by atoms with Crippen LogP contribution < -0.4 is 15.0 Å². The Balaban J connectivity index is 2.15. The molecule has 0 saturated carbocycles. The summed E-state index contributed by atoms with van der Waals surface area (Å²) < 4.78 is 20.5. The van der Waals surface area contributed by atoms with Gasteiger partial charge < -0.3 is 25.1 Å². The fourth-order valence-electron chi connectivity index (χ4n) is 2.84. The molecule has 25 heavy (non-hydrogen) atoms. The van der Waals surface area contributed by atoms with Crippen molar-refractivity contribution in [1.82, 2.24) is 4.57 Å². The number of allylic oxidation sites excluding steroid dienone is 1. The van der Waals surface area contributed by atoms with Crippen LogP contribution in [0, 0.1) is 0 Å². The summed E-state index contributed by atoms with van der Waals surface area (Å²) in [5.74, 6) is 1.83. The molecule has 7 heteroatoms. The van der Waals surface area contributed by atoms with E-state index in [4.69, 9.17) is 25.1 Å². The van der Waals surface area contributed by atoms with Crippen molar-refractivity contribution in [2.75, 3.05) is 40.1 Å². The predicted molar refractivity (Wildman–Crippen MR) is 95.5 cm³/mol. The number of imidazole rings is 1. The van der Waals surface area contributed by atoms with Crippen LogP contribution in [-0.4, -0.2) is 49.8 Å². The van der Waals surface area contributed by atoms with Crippen molar-refractivity contribution in [3.63, 3.8) is 0 Å². The molecular weight excluding hydrogens is 322 g/mol. The molecule has 0 fully saturated rings. The Bertz CT molecular complexity index is 685. The van der Waals surface area contributed by atoms with Crippen molar-refractivity contribution in [2.45, 2.75) is 19.6 Å². The van der Waals surface area contributed by atoms with Crippen LogP contribution in [0.25, 0.3) is 11.0 Å². The second-order valence-corrected chi connectivity index (χ2v) is 5.47. The number of fused-ring (bicyclic) bond motifs is 1. The van der Waals surface area contributed by atoms with Gasteiger partial charge in [-0.3, -0.25) is 0 Å². The maximum Gasteiger partial charge on any atom is 0.271 e. The lowest BCUT2D eigenvalue weighted by Gasteiger charge is -2.05. The van der Waals surface area contributed by atoms with Gasteiger partial charge in [-0.25, -0.2) is 9.13 Å². The quantitative estimate of drug-likeness (QED) is 0.333. The van der Waals surface area contributed by atoms with Gasteiger partial charge in [-0.1, -0.05) is 12.7 Å². The Morgan fingerprint density at radius 2 is 2.00 bits per heavy atom. The minimum Gasteiger partial charge on any atom is -0.497 e. The first-order chi connectivity index (χ1) is 12.3. The molecule has 1 heterocycles. The van der Waals surface area contributed by atoms with Crippen molar-refractivity contribution < 1.29 is 23.9 Å². The SMILES string of the molecule is C=CCn1c(CN)[n+](CCOCCOCCO)c2ccc(OC)cc21. The smallest absolute Gasteiger partial charge is 0.271 e. The largest absolute Gasteiger partial charge is 0.497 e. The first kappa shape index (κ1) is 19.4.